The lowest BCUT2D eigenvalue weighted by molar-refractivity contribution is 0.678. The number of hydrogen-bond donors (Lipinski definition) is 0. The van der Waals surface area contributed by atoms with Crippen LogP contribution in [0.5, 0.6) is 0 Å². The molecule has 4 heteroatoms. The summed E-state index contributed by atoms with van der Waals surface area (Å²) in [5, 5.41) is 0.838. The van der Waals surface area contributed by atoms with Crippen LogP contribution in [0, 0.1) is 0 Å². The first-order chi connectivity index (χ1) is 7.13. The van der Waals surface area contributed by atoms with Gasteiger partial charge in [0.25, 0.3) is 0 Å². The summed E-state index contributed by atoms with van der Waals surface area (Å²) in [5.74, 6) is 1.23. The minimum Gasteiger partial charge on any atom is -0.249 e. The Morgan fingerprint density at radius 1 is 1.20 bits per heavy atom. The van der Waals surface area contributed by atoms with Gasteiger partial charge < -0.3 is 0 Å². The summed E-state index contributed by atoms with van der Waals surface area (Å²) in [6, 6.07) is 7.83. The van der Waals surface area contributed by atoms with E-state index in [1.165, 1.54) is 5.56 Å². The highest BCUT2D eigenvalue weighted by atomic mass is 79.9. The van der Waals surface area contributed by atoms with Crippen molar-refractivity contribution in [2.75, 3.05) is 11.5 Å². The zero-order valence-corrected chi connectivity index (χ0v) is 11.5. The number of nitrogens with zero attached hydrogens (tertiary/aromatic N) is 1. The Labute approximate surface area is 100 Å². The number of alkyl halides is 1. The maximum Gasteiger partial charge on any atom is 0.0730 e. The van der Waals surface area contributed by atoms with Crippen molar-refractivity contribution in [1.29, 1.82) is 0 Å². The van der Waals surface area contributed by atoms with Crippen LogP contribution in [-0.2, 0) is 15.1 Å². The van der Waals surface area contributed by atoms with Crippen molar-refractivity contribution in [1.82, 2.24) is 0 Å². The van der Waals surface area contributed by atoms with Crippen LogP contribution >= 0.6 is 15.9 Å². The highest BCUT2D eigenvalue weighted by Gasteiger charge is 2.02. The number of rotatable bonds is 4. The van der Waals surface area contributed by atoms with E-state index in [4.69, 9.17) is 0 Å². The van der Waals surface area contributed by atoms with E-state index >= 15 is 0 Å². The molecule has 0 amide bonds. The van der Waals surface area contributed by atoms with Gasteiger partial charge in [0.15, 0.2) is 0 Å². The molecular weight excluding hydrogens is 274 g/mol. The molecule has 0 N–H and O–H groups in total. The maximum absolute atomic E-state index is 12.1. The van der Waals surface area contributed by atoms with Gasteiger partial charge in [0, 0.05) is 16.8 Å². The van der Waals surface area contributed by atoms with Crippen molar-refractivity contribution in [2.45, 2.75) is 19.2 Å². The lowest BCUT2D eigenvalue weighted by Gasteiger charge is -2.04. The van der Waals surface area contributed by atoms with Gasteiger partial charge in [0.05, 0.1) is 15.4 Å². The molecule has 0 atom stereocenters. The fourth-order valence-corrected chi connectivity index (χ4v) is 2.72. The molecule has 0 heterocycles. The van der Waals surface area contributed by atoms with Crippen LogP contribution in [0.1, 0.15) is 19.4 Å². The lowest BCUT2D eigenvalue weighted by Crippen LogP contribution is -2.04. The normalized spacial score (nSPS) is 11.4. The van der Waals surface area contributed by atoms with Crippen LogP contribution in [0.25, 0.3) is 0 Å². The molecule has 0 aliphatic carbocycles. The van der Waals surface area contributed by atoms with Crippen molar-refractivity contribution >= 4 is 31.3 Å². The van der Waals surface area contributed by atoms with Crippen molar-refractivity contribution in [3.8, 4) is 0 Å². The molecule has 0 saturated heterocycles. The highest BCUT2D eigenvalue weighted by molar-refractivity contribution is 9.08. The summed E-state index contributed by atoms with van der Waals surface area (Å²) in [6.07, 6.45) is 0. The molecule has 15 heavy (non-hydrogen) atoms. The van der Waals surface area contributed by atoms with Gasteiger partial charge in [0.2, 0.25) is 0 Å². The van der Waals surface area contributed by atoms with Crippen molar-refractivity contribution < 1.29 is 4.21 Å². The van der Waals surface area contributed by atoms with E-state index < -0.39 is 9.73 Å². The average Bonchev–Trinajstić information content (AvgIpc) is 2.30. The Hall–Kier alpha value is -0.350. The molecule has 84 valence electrons. The zero-order valence-electron chi connectivity index (χ0n) is 9.07. The Bertz CT molecular complexity index is 409. The summed E-state index contributed by atoms with van der Waals surface area (Å²) in [6.45, 7) is 3.84. The summed E-state index contributed by atoms with van der Waals surface area (Å²) < 4.78 is 16.4. The standard InChI is InChI=1S/C11H16BrNOS/c1-3-15(14,4-2)13-11-7-5-10(9-12)6-8-11/h5-8H,3-4,9H2,1-2H3. The van der Waals surface area contributed by atoms with Crippen LogP contribution in [0.15, 0.2) is 28.6 Å². The van der Waals surface area contributed by atoms with E-state index in [1.54, 1.807) is 0 Å². The molecule has 1 aromatic rings. The van der Waals surface area contributed by atoms with Crippen molar-refractivity contribution in [3.05, 3.63) is 29.8 Å². The molecule has 0 aliphatic heterocycles. The van der Waals surface area contributed by atoms with Crippen molar-refractivity contribution in [2.24, 2.45) is 4.36 Å². The fraction of sp³-hybridized carbons (Fsp3) is 0.455. The van der Waals surface area contributed by atoms with E-state index in [1.807, 2.05) is 38.1 Å². The van der Waals surface area contributed by atoms with Crippen molar-refractivity contribution in [3.63, 3.8) is 0 Å². The number of halogens is 1. The van der Waals surface area contributed by atoms with Crippen LogP contribution in [0.3, 0.4) is 0 Å². The molecule has 2 nitrogen and oxygen atoms in total. The molecular formula is C11H16BrNOS. The third-order valence-corrected chi connectivity index (χ3v) is 5.26. The summed E-state index contributed by atoms with van der Waals surface area (Å²) >= 11 is 3.38. The minimum atomic E-state index is -2.02. The molecule has 0 unspecified atom stereocenters. The summed E-state index contributed by atoms with van der Waals surface area (Å²) in [7, 11) is -2.02. The van der Waals surface area contributed by atoms with Crippen LogP contribution in [0.2, 0.25) is 0 Å². The number of hydrogen-bond acceptors (Lipinski definition) is 2. The highest BCUT2D eigenvalue weighted by Crippen LogP contribution is 2.17. The molecule has 1 rings (SSSR count). The SMILES string of the molecule is CCS(=O)(CC)=Nc1ccc(CBr)cc1. The predicted octanol–water partition coefficient (Wildman–Crippen LogP) is 3.72. The second-order valence-corrected chi connectivity index (χ2v) is 6.68. The van der Waals surface area contributed by atoms with E-state index in [-0.39, 0.29) is 0 Å². The van der Waals surface area contributed by atoms with E-state index in [0.29, 0.717) is 11.5 Å². The van der Waals surface area contributed by atoms with Gasteiger partial charge in [-0.1, -0.05) is 41.9 Å². The van der Waals surface area contributed by atoms with Gasteiger partial charge in [-0.3, -0.25) is 0 Å². The smallest absolute Gasteiger partial charge is 0.0730 e. The molecule has 0 radical (unpaired) electrons. The van der Waals surface area contributed by atoms with Gasteiger partial charge in [-0.25, -0.2) is 4.21 Å². The molecule has 0 aromatic heterocycles. The molecule has 1 aromatic carbocycles. The predicted molar refractivity (Wildman–Crippen MR) is 70.4 cm³/mol. The first kappa shape index (κ1) is 12.7. The Kier molecular flexibility index (Phi) is 4.80. The fourth-order valence-electron chi connectivity index (χ4n) is 1.17. The van der Waals surface area contributed by atoms with Gasteiger partial charge >= 0.3 is 0 Å². The van der Waals surface area contributed by atoms with Gasteiger partial charge in [-0.05, 0) is 17.7 Å². The monoisotopic (exact) mass is 289 g/mol. The van der Waals surface area contributed by atoms with Crippen LogP contribution in [0.4, 0.5) is 5.69 Å². The van der Waals surface area contributed by atoms with Crippen LogP contribution < -0.4 is 0 Å². The van der Waals surface area contributed by atoms with Crippen LogP contribution in [-0.4, -0.2) is 15.7 Å². The first-order valence-electron chi connectivity index (χ1n) is 5.01. The zero-order chi connectivity index (χ0) is 11.3. The molecule has 0 saturated carbocycles. The van der Waals surface area contributed by atoms with E-state index in [9.17, 15) is 4.21 Å². The summed E-state index contributed by atoms with van der Waals surface area (Å²) in [4.78, 5) is 0. The first-order valence-corrected chi connectivity index (χ1v) is 7.98. The lowest BCUT2D eigenvalue weighted by atomic mass is 10.2. The maximum atomic E-state index is 12.1. The largest absolute Gasteiger partial charge is 0.249 e. The molecule has 0 bridgehead atoms. The molecule has 0 aliphatic rings. The average molecular weight is 290 g/mol. The quantitative estimate of drug-likeness (QED) is 0.777. The number of benzene rings is 1. The Morgan fingerprint density at radius 2 is 1.73 bits per heavy atom. The van der Waals surface area contributed by atoms with Gasteiger partial charge in [-0.15, -0.1) is 0 Å². The van der Waals surface area contributed by atoms with Gasteiger partial charge in [0.1, 0.15) is 0 Å². The second-order valence-electron chi connectivity index (χ2n) is 3.24. The second kappa shape index (κ2) is 5.66. The molecule has 0 fully saturated rings. The van der Waals surface area contributed by atoms with E-state index in [0.717, 1.165) is 11.0 Å². The third-order valence-electron chi connectivity index (χ3n) is 2.26. The topological polar surface area (TPSA) is 29.4 Å². The Balaban J connectivity index is 3.03. The summed E-state index contributed by atoms with van der Waals surface area (Å²) in [5.41, 5.74) is 2.02. The minimum absolute atomic E-state index is 0.615. The van der Waals surface area contributed by atoms with E-state index in [2.05, 4.69) is 20.3 Å². The van der Waals surface area contributed by atoms with Gasteiger partial charge in [-0.2, -0.15) is 4.36 Å². The Morgan fingerprint density at radius 3 is 2.13 bits per heavy atom. The third kappa shape index (κ3) is 3.61. The molecule has 0 spiro atoms.